The van der Waals surface area contributed by atoms with Crippen molar-refractivity contribution in [3.63, 3.8) is 0 Å². The highest BCUT2D eigenvalue weighted by molar-refractivity contribution is 7.90. The monoisotopic (exact) mass is 468 g/mol. The van der Waals surface area contributed by atoms with E-state index < -0.39 is 21.3 Å². The van der Waals surface area contributed by atoms with Crippen molar-refractivity contribution in [1.29, 1.82) is 0 Å². The molecule has 3 aromatic rings. The summed E-state index contributed by atoms with van der Waals surface area (Å²) in [5, 5.41) is 0.461. The van der Waals surface area contributed by atoms with Crippen molar-refractivity contribution in [3.05, 3.63) is 54.4 Å². The summed E-state index contributed by atoms with van der Waals surface area (Å²) in [5.74, 6) is 0.0710. The number of sulfonamides is 1. The predicted octanol–water partition coefficient (Wildman–Crippen LogP) is 3.27. The Hall–Kier alpha value is -3.20. The second-order valence-corrected chi connectivity index (χ2v) is 10.6. The van der Waals surface area contributed by atoms with Gasteiger partial charge in [0, 0.05) is 31.2 Å². The second kappa shape index (κ2) is 8.62. The lowest BCUT2D eigenvalue weighted by Gasteiger charge is -2.22. The van der Waals surface area contributed by atoms with E-state index >= 15 is 0 Å². The molecule has 8 nitrogen and oxygen atoms in total. The number of benzene rings is 1. The molecule has 0 aliphatic heterocycles. The summed E-state index contributed by atoms with van der Waals surface area (Å²) >= 11 is 0. The molecule has 9 heteroatoms. The zero-order valence-electron chi connectivity index (χ0n) is 19.2. The molecule has 174 valence electrons. The first kappa shape index (κ1) is 23.0. The van der Waals surface area contributed by atoms with Crippen molar-refractivity contribution >= 4 is 32.5 Å². The van der Waals surface area contributed by atoms with Crippen LogP contribution in [0.5, 0.6) is 5.88 Å². The molecule has 0 atom stereocenters. The molecule has 1 aliphatic rings. The Morgan fingerprint density at radius 2 is 1.94 bits per heavy atom. The van der Waals surface area contributed by atoms with Crippen molar-refractivity contribution in [1.82, 2.24) is 14.7 Å². The number of nitrogens with zero attached hydrogens (tertiary/aromatic N) is 3. The van der Waals surface area contributed by atoms with Gasteiger partial charge in [-0.05, 0) is 49.1 Å². The number of amides is 1. The molecule has 4 rings (SSSR count). The smallest absolute Gasteiger partial charge is 0.264 e. The molecule has 0 radical (unpaired) electrons. The maximum Gasteiger partial charge on any atom is 0.264 e. The first-order valence-electron chi connectivity index (χ1n) is 10.9. The first-order chi connectivity index (χ1) is 15.6. The van der Waals surface area contributed by atoms with Crippen LogP contribution in [0.3, 0.4) is 0 Å². The highest BCUT2D eigenvalue weighted by Gasteiger charge is 2.54. The number of hydrogen-bond donors (Lipinski definition) is 1. The van der Waals surface area contributed by atoms with Crippen molar-refractivity contribution < 1.29 is 17.9 Å². The van der Waals surface area contributed by atoms with Crippen LogP contribution in [-0.4, -0.2) is 45.0 Å². The van der Waals surface area contributed by atoms with Crippen molar-refractivity contribution in [3.8, 4) is 5.88 Å². The Morgan fingerprint density at radius 3 is 2.61 bits per heavy atom. The number of anilines is 1. The summed E-state index contributed by atoms with van der Waals surface area (Å²) in [6.45, 7) is 4.50. The van der Waals surface area contributed by atoms with E-state index in [4.69, 9.17) is 4.74 Å². The number of pyridine rings is 2. The zero-order valence-corrected chi connectivity index (χ0v) is 20.0. The van der Waals surface area contributed by atoms with Gasteiger partial charge < -0.3 is 9.64 Å². The van der Waals surface area contributed by atoms with Gasteiger partial charge in [-0.1, -0.05) is 19.9 Å². The third kappa shape index (κ3) is 4.50. The van der Waals surface area contributed by atoms with Crippen LogP contribution in [-0.2, 0) is 20.2 Å². The standard InChI is InChI=1S/C24H28N4O4S/c1-16(2)15-32-22-19(13-17(14-26-22)28(3)4)24(10-11-24)23(29)27-33(30,31)21-9-5-8-20-18(21)7-6-12-25-20/h5-9,12-14,16H,10-11,15H2,1-4H3,(H,27,29). The first-order valence-corrected chi connectivity index (χ1v) is 12.3. The third-order valence-electron chi connectivity index (χ3n) is 5.73. The van der Waals surface area contributed by atoms with Crippen molar-refractivity contribution in [2.75, 3.05) is 25.6 Å². The zero-order chi connectivity index (χ0) is 23.8. The number of carbonyl (C=O) groups is 1. The predicted molar refractivity (Wildman–Crippen MR) is 127 cm³/mol. The van der Waals surface area contributed by atoms with E-state index in [1.165, 1.54) is 6.07 Å². The van der Waals surface area contributed by atoms with Crippen LogP contribution in [0, 0.1) is 5.92 Å². The lowest BCUT2D eigenvalue weighted by molar-refractivity contribution is -0.121. The summed E-state index contributed by atoms with van der Waals surface area (Å²) in [7, 11) is -0.347. The Balaban J connectivity index is 1.69. The van der Waals surface area contributed by atoms with Crippen LogP contribution in [0.4, 0.5) is 5.69 Å². The molecule has 2 aromatic heterocycles. The average Bonchev–Trinajstić information content (AvgIpc) is 3.59. The maximum absolute atomic E-state index is 13.4. The van der Waals surface area contributed by atoms with Crippen molar-refractivity contribution in [2.45, 2.75) is 37.0 Å². The van der Waals surface area contributed by atoms with Gasteiger partial charge in [0.1, 0.15) is 0 Å². The minimum Gasteiger partial charge on any atom is -0.477 e. The van der Waals surface area contributed by atoms with E-state index in [1.54, 1.807) is 36.7 Å². The van der Waals surface area contributed by atoms with Gasteiger partial charge >= 0.3 is 0 Å². The lowest BCUT2D eigenvalue weighted by atomic mass is 9.96. The van der Waals surface area contributed by atoms with E-state index in [-0.39, 0.29) is 10.8 Å². The molecule has 1 fully saturated rings. The fourth-order valence-corrected chi connectivity index (χ4v) is 4.99. The minimum absolute atomic E-state index is 0.0219. The molecule has 1 amide bonds. The fraction of sp³-hybridized carbons (Fsp3) is 0.375. The number of hydrogen-bond acceptors (Lipinski definition) is 7. The maximum atomic E-state index is 13.4. The molecule has 0 bridgehead atoms. The number of ether oxygens (including phenoxy) is 1. The van der Waals surface area contributed by atoms with E-state index in [0.29, 0.717) is 41.8 Å². The van der Waals surface area contributed by atoms with E-state index in [2.05, 4.69) is 14.7 Å². The molecular formula is C24H28N4O4S. The molecule has 0 saturated heterocycles. The molecular weight excluding hydrogens is 440 g/mol. The number of nitrogens with one attached hydrogen (secondary N) is 1. The SMILES string of the molecule is CC(C)COc1ncc(N(C)C)cc1C1(C(=O)NS(=O)(=O)c2cccc3ncccc23)CC1. The lowest BCUT2D eigenvalue weighted by Crippen LogP contribution is -2.39. The highest BCUT2D eigenvalue weighted by atomic mass is 32.2. The van der Waals surface area contributed by atoms with E-state index in [0.717, 1.165) is 5.69 Å². The van der Waals surface area contributed by atoms with Gasteiger partial charge in [-0.15, -0.1) is 0 Å². The topological polar surface area (TPSA) is 101 Å². The summed E-state index contributed by atoms with van der Waals surface area (Å²) in [5.41, 5.74) is 0.966. The van der Waals surface area contributed by atoms with Crippen LogP contribution in [0.2, 0.25) is 0 Å². The molecule has 33 heavy (non-hydrogen) atoms. The minimum atomic E-state index is -4.11. The Kier molecular flexibility index (Phi) is 6.00. The normalized spacial score (nSPS) is 14.8. The molecule has 0 unspecified atom stereocenters. The summed E-state index contributed by atoms with van der Waals surface area (Å²) in [4.78, 5) is 24.0. The van der Waals surface area contributed by atoms with Crippen LogP contribution in [0.25, 0.3) is 10.9 Å². The molecule has 2 heterocycles. The van der Waals surface area contributed by atoms with Crippen LogP contribution >= 0.6 is 0 Å². The Labute approximate surface area is 194 Å². The van der Waals surface area contributed by atoms with E-state index in [9.17, 15) is 13.2 Å². The van der Waals surface area contributed by atoms with Gasteiger partial charge in [-0.25, -0.2) is 18.1 Å². The van der Waals surface area contributed by atoms with Gasteiger partial charge in [0.25, 0.3) is 10.0 Å². The Morgan fingerprint density at radius 1 is 1.18 bits per heavy atom. The van der Waals surface area contributed by atoms with Gasteiger partial charge in [0.15, 0.2) is 0 Å². The largest absolute Gasteiger partial charge is 0.477 e. The molecule has 1 aliphatic carbocycles. The second-order valence-electron chi connectivity index (χ2n) is 8.99. The quantitative estimate of drug-likeness (QED) is 0.541. The fourth-order valence-electron chi connectivity index (χ4n) is 3.72. The molecule has 0 spiro atoms. The highest BCUT2D eigenvalue weighted by Crippen LogP contribution is 2.52. The third-order valence-corrected chi connectivity index (χ3v) is 7.12. The number of aromatic nitrogens is 2. The van der Waals surface area contributed by atoms with Crippen LogP contribution < -0.4 is 14.4 Å². The number of rotatable bonds is 8. The van der Waals surface area contributed by atoms with Crippen molar-refractivity contribution in [2.24, 2.45) is 5.92 Å². The van der Waals surface area contributed by atoms with E-state index in [1.807, 2.05) is 38.9 Å². The van der Waals surface area contributed by atoms with Crippen LogP contribution in [0.1, 0.15) is 32.3 Å². The molecule has 1 saturated carbocycles. The van der Waals surface area contributed by atoms with Gasteiger partial charge in [0.2, 0.25) is 11.8 Å². The molecule has 1 N–H and O–H groups in total. The van der Waals surface area contributed by atoms with Gasteiger partial charge in [-0.2, -0.15) is 0 Å². The average molecular weight is 469 g/mol. The Bertz CT molecular complexity index is 1300. The molecule has 1 aromatic carbocycles. The summed E-state index contributed by atoms with van der Waals surface area (Å²) in [6, 6.07) is 10.0. The van der Waals surface area contributed by atoms with Gasteiger partial charge in [-0.3, -0.25) is 9.78 Å². The summed E-state index contributed by atoms with van der Waals surface area (Å²) in [6.07, 6.45) is 4.32. The number of fused-ring (bicyclic) bond motifs is 1. The van der Waals surface area contributed by atoms with Gasteiger partial charge in [0.05, 0.1) is 34.3 Å². The summed E-state index contributed by atoms with van der Waals surface area (Å²) < 4.78 is 34.7. The number of carbonyl (C=O) groups excluding carboxylic acids is 1. The van der Waals surface area contributed by atoms with Crippen LogP contribution in [0.15, 0.2) is 53.7 Å².